The average molecular weight is 427 g/mol. The Balaban J connectivity index is 1.26. The average Bonchev–Trinajstić information content (AvgIpc) is 3.46. The van der Waals surface area contributed by atoms with Crippen molar-refractivity contribution in [1.29, 1.82) is 0 Å². The molecule has 5 rings (SSSR count). The number of ether oxygens (including phenoxy) is 1. The van der Waals surface area contributed by atoms with Crippen LogP contribution in [0.1, 0.15) is 59.0 Å². The van der Waals surface area contributed by atoms with E-state index in [1.54, 1.807) is 4.88 Å². The summed E-state index contributed by atoms with van der Waals surface area (Å²) in [5.41, 5.74) is 4.56. The summed E-state index contributed by atoms with van der Waals surface area (Å²) in [7, 11) is 0. The largest absolute Gasteiger partial charge is 0.370 e. The number of nitrogens with one attached hydrogen (secondary N) is 1. The van der Waals surface area contributed by atoms with Crippen molar-refractivity contribution in [2.45, 2.75) is 71.2 Å². The first-order chi connectivity index (χ1) is 14.6. The van der Waals surface area contributed by atoms with Gasteiger partial charge in [-0.05, 0) is 44.7 Å². The van der Waals surface area contributed by atoms with Gasteiger partial charge in [0.15, 0.2) is 0 Å². The number of hydrogen-bond donors (Lipinski definition) is 1. The molecule has 5 heterocycles. The molecule has 2 aliphatic rings. The van der Waals surface area contributed by atoms with Gasteiger partial charge in [-0.25, -0.2) is 4.68 Å². The summed E-state index contributed by atoms with van der Waals surface area (Å²) in [6, 6.07) is 2.86. The van der Waals surface area contributed by atoms with Gasteiger partial charge >= 0.3 is 0 Å². The lowest BCUT2D eigenvalue weighted by atomic mass is 9.79. The minimum Gasteiger partial charge on any atom is -0.370 e. The number of aromatic amines is 1. The van der Waals surface area contributed by atoms with Crippen LogP contribution >= 0.6 is 11.3 Å². The van der Waals surface area contributed by atoms with Crippen molar-refractivity contribution in [3.8, 4) is 0 Å². The molecule has 0 radical (unpaired) electrons. The molecular weight excluding hydrogens is 396 g/mol. The van der Waals surface area contributed by atoms with Crippen LogP contribution < -0.4 is 0 Å². The van der Waals surface area contributed by atoms with Crippen molar-refractivity contribution in [3.05, 3.63) is 50.7 Å². The normalized spacial score (nSPS) is 24.4. The molecule has 2 aliphatic heterocycles. The number of nitrogens with zero attached hydrogens (tertiary/aromatic N) is 5. The molecule has 7 nitrogen and oxygen atoms in total. The standard InChI is InChI=1S/C22H30N6OS/c1-4-19-9-20-21(30-19)5-8-29-22(20)6-7-27(15(2)10-22)13-18-14-28(26-25-18)12-17-11-23-24-16(17)3/h9,11,14-15H,4-8,10,12-13H2,1-3H3,(H,23,24)/t15-,22+/m0/s1. The molecule has 3 aromatic heterocycles. The number of aromatic nitrogens is 5. The minimum atomic E-state index is -0.0934. The predicted octanol–water partition coefficient (Wildman–Crippen LogP) is 3.43. The molecule has 2 atom stereocenters. The first-order valence-electron chi connectivity index (χ1n) is 10.9. The maximum Gasteiger partial charge on any atom is 0.0969 e. The van der Waals surface area contributed by atoms with Gasteiger partial charge < -0.3 is 4.74 Å². The van der Waals surface area contributed by atoms with E-state index < -0.39 is 0 Å². The first-order valence-corrected chi connectivity index (χ1v) is 11.8. The highest BCUT2D eigenvalue weighted by Crippen LogP contribution is 2.46. The van der Waals surface area contributed by atoms with Crippen LogP contribution in [-0.2, 0) is 36.3 Å². The van der Waals surface area contributed by atoms with Crippen molar-refractivity contribution in [2.24, 2.45) is 0 Å². The molecule has 1 fully saturated rings. The Morgan fingerprint density at radius 3 is 3.03 bits per heavy atom. The van der Waals surface area contributed by atoms with Gasteiger partial charge in [-0.2, -0.15) is 5.10 Å². The van der Waals surface area contributed by atoms with Crippen LogP contribution in [-0.4, -0.2) is 49.3 Å². The Hall–Kier alpha value is -2.03. The summed E-state index contributed by atoms with van der Waals surface area (Å²) in [4.78, 5) is 5.56. The number of thiophene rings is 1. The molecule has 8 heteroatoms. The second-order valence-corrected chi connectivity index (χ2v) is 9.89. The van der Waals surface area contributed by atoms with Crippen LogP contribution in [0, 0.1) is 6.92 Å². The van der Waals surface area contributed by atoms with Gasteiger partial charge in [0.05, 0.1) is 36.3 Å². The summed E-state index contributed by atoms with van der Waals surface area (Å²) in [5, 5.41) is 15.8. The molecule has 0 unspecified atom stereocenters. The third-order valence-corrected chi connectivity index (χ3v) is 8.02. The molecule has 0 aliphatic carbocycles. The zero-order valence-electron chi connectivity index (χ0n) is 18.0. The highest BCUT2D eigenvalue weighted by atomic mass is 32.1. The highest BCUT2D eigenvalue weighted by molar-refractivity contribution is 7.12. The Labute approximate surface area is 181 Å². The number of rotatable bonds is 5. The molecule has 160 valence electrons. The lowest BCUT2D eigenvalue weighted by Gasteiger charge is -2.47. The van der Waals surface area contributed by atoms with E-state index in [1.165, 1.54) is 10.4 Å². The van der Waals surface area contributed by atoms with E-state index >= 15 is 0 Å². The van der Waals surface area contributed by atoms with Crippen molar-refractivity contribution < 1.29 is 4.74 Å². The van der Waals surface area contributed by atoms with Gasteiger partial charge in [-0.1, -0.05) is 12.1 Å². The summed E-state index contributed by atoms with van der Waals surface area (Å²) >= 11 is 1.99. The Kier molecular flexibility index (Phi) is 5.24. The molecule has 3 aromatic rings. The molecule has 1 N–H and O–H groups in total. The molecular formula is C22H30N6OS. The van der Waals surface area contributed by atoms with E-state index in [0.29, 0.717) is 12.6 Å². The van der Waals surface area contributed by atoms with E-state index in [2.05, 4.69) is 51.5 Å². The lowest BCUT2D eigenvalue weighted by Crippen LogP contribution is -2.50. The van der Waals surface area contributed by atoms with Crippen molar-refractivity contribution >= 4 is 11.3 Å². The zero-order valence-corrected chi connectivity index (χ0v) is 18.8. The molecule has 0 bridgehead atoms. The van der Waals surface area contributed by atoms with Crippen molar-refractivity contribution in [3.63, 3.8) is 0 Å². The smallest absolute Gasteiger partial charge is 0.0969 e. The molecule has 0 saturated carbocycles. The third kappa shape index (κ3) is 3.61. The topological polar surface area (TPSA) is 71.9 Å². The number of aryl methyl sites for hydroxylation is 2. The number of fused-ring (bicyclic) bond motifs is 2. The lowest BCUT2D eigenvalue weighted by molar-refractivity contribution is -0.112. The molecule has 0 aromatic carbocycles. The van der Waals surface area contributed by atoms with Crippen LogP contribution in [0.4, 0.5) is 0 Å². The summed E-state index contributed by atoms with van der Waals surface area (Å²) < 4.78 is 8.37. The van der Waals surface area contributed by atoms with E-state index in [4.69, 9.17) is 4.74 Å². The first kappa shape index (κ1) is 19.9. The quantitative estimate of drug-likeness (QED) is 0.677. The second-order valence-electron chi connectivity index (χ2n) is 8.67. The van der Waals surface area contributed by atoms with Gasteiger partial charge in [0.25, 0.3) is 0 Å². The predicted molar refractivity (Wildman–Crippen MR) is 117 cm³/mol. The van der Waals surface area contributed by atoms with Crippen LogP contribution in [0.2, 0.25) is 0 Å². The molecule has 0 amide bonds. The van der Waals surface area contributed by atoms with Crippen molar-refractivity contribution in [1.82, 2.24) is 30.1 Å². The Bertz CT molecular complexity index is 1020. The Morgan fingerprint density at radius 1 is 1.37 bits per heavy atom. The maximum absolute atomic E-state index is 6.47. The van der Waals surface area contributed by atoms with Crippen LogP contribution in [0.25, 0.3) is 0 Å². The number of likely N-dealkylation sites (tertiary alicyclic amines) is 1. The van der Waals surface area contributed by atoms with E-state index in [0.717, 1.165) is 62.3 Å². The van der Waals surface area contributed by atoms with Crippen LogP contribution in [0.3, 0.4) is 0 Å². The van der Waals surface area contributed by atoms with Gasteiger partial charge in [0.1, 0.15) is 0 Å². The number of H-pyrrole nitrogens is 1. The zero-order chi connectivity index (χ0) is 20.7. The molecule has 1 saturated heterocycles. The van der Waals surface area contributed by atoms with Crippen LogP contribution in [0.15, 0.2) is 18.5 Å². The Morgan fingerprint density at radius 2 is 2.27 bits per heavy atom. The third-order valence-electron chi connectivity index (χ3n) is 6.68. The second kappa shape index (κ2) is 7.90. The van der Waals surface area contributed by atoms with Gasteiger partial charge in [-0.3, -0.25) is 10.00 Å². The summed E-state index contributed by atoms with van der Waals surface area (Å²) in [5.74, 6) is 0. The molecule has 1 spiro atoms. The number of piperidine rings is 1. The minimum absolute atomic E-state index is 0.0934. The van der Waals surface area contributed by atoms with Crippen LogP contribution in [0.5, 0.6) is 0 Å². The summed E-state index contributed by atoms with van der Waals surface area (Å²) in [6.45, 7) is 9.98. The summed E-state index contributed by atoms with van der Waals surface area (Å²) in [6.07, 6.45) is 8.26. The maximum atomic E-state index is 6.47. The van der Waals surface area contributed by atoms with Gasteiger partial charge in [-0.15, -0.1) is 16.4 Å². The monoisotopic (exact) mass is 426 g/mol. The highest BCUT2D eigenvalue weighted by Gasteiger charge is 2.44. The van der Waals surface area contributed by atoms with E-state index in [1.807, 2.05) is 29.1 Å². The number of hydrogen-bond acceptors (Lipinski definition) is 6. The van der Waals surface area contributed by atoms with Gasteiger partial charge in [0, 0.05) is 47.1 Å². The van der Waals surface area contributed by atoms with E-state index in [9.17, 15) is 0 Å². The molecule has 30 heavy (non-hydrogen) atoms. The fourth-order valence-electron chi connectivity index (χ4n) is 4.92. The fraction of sp³-hybridized carbons (Fsp3) is 0.591. The van der Waals surface area contributed by atoms with E-state index in [-0.39, 0.29) is 5.60 Å². The van der Waals surface area contributed by atoms with Gasteiger partial charge in [0.2, 0.25) is 0 Å². The fourth-order valence-corrected chi connectivity index (χ4v) is 6.10. The van der Waals surface area contributed by atoms with Crippen molar-refractivity contribution in [2.75, 3.05) is 13.2 Å². The SMILES string of the molecule is CCc1cc2c(s1)CCO[C@@]21CCN(Cc2cn(Cc3c[nH]nc3C)nn2)[C@@H](C)C1.